The summed E-state index contributed by atoms with van der Waals surface area (Å²) in [6, 6.07) is 28.3. The Balaban J connectivity index is 2.19. The molecule has 3 aromatic rings. The molecule has 3 rings (SSSR count). The molecular formula is C25H31NSi. The third-order valence-corrected chi connectivity index (χ3v) is 11.7. The van der Waals surface area contributed by atoms with E-state index in [-0.39, 0.29) is 11.0 Å². The Morgan fingerprint density at radius 2 is 1.19 bits per heavy atom. The van der Waals surface area contributed by atoms with E-state index >= 15 is 0 Å². The molecule has 2 heteroatoms. The summed E-state index contributed by atoms with van der Waals surface area (Å²) in [6.07, 6.45) is 0. The monoisotopic (exact) mass is 373 g/mol. The molecular weight excluding hydrogens is 342 g/mol. The maximum Gasteiger partial charge on any atom is 0.0860 e. The Labute approximate surface area is 165 Å². The van der Waals surface area contributed by atoms with Crippen LogP contribution in [0.4, 0.5) is 5.69 Å². The van der Waals surface area contributed by atoms with E-state index in [0.29, 0.717) is 0 Å². The van der Waals surface area contributed by atoms with Gasteiger partial charge in [0.25, 0.3) is 0 Å². The summed E-state index contributed by atoms with van der Waals surface area (Å²) < 4.78 is 0. The van der Waals surface area contributed by atoms with Crippen LogP contribution >= 0.6 is 0 Å². The molecule has 0 aliphatic heterocycles. The Morgan fingerprint density at radius 1 is 0.704 bits per heavy atom. The number of hydrogen-bond acceptors (Lipinski definition) is 1. The van der Waals surface area contributed by atoms with Gasteiger partial charge in [-0.1, -0.05) is 106 Å². The SMILES string of the molecule is CC(C)(C)[Si](C)(C)c1cc(N)cc(C(c2ccccc2)c2ccccc2)c1. The number of anilines is 1. The zero-order valence-corrected chi connectivity index (χ0v) is 18.2. The quantitative estimate of drug-likeness (QED) is 0.330. The predicted octanol–water partition coefficient (Wildman–Crippen LogP) is 6.16. The Bertz CT molecular complexity index is 853. The van der Waals surface area contributed by atoms with Gasteiger partial charge >= 0.3 is 0 Å². The van der Waals surface area contributed by atoms with Crippen molar-refractivity contribution in [1.29, 1.82) is 0 Å². The van der Waals surface area contributed by atoms with Crippen molar-refractivity contribution in [3.8, 4) is 0 Å². The van der Waals surface area contributed by atoms with Crippen LogP contribution in [-0.4, -0.2) is 8.07 Å². The average Bonchev–Trinajstić information content (AvgIpc) is 2.62. The van der Waals surface area contributed by atoms with Gasteiger partial charge in [-0.25, -0.2) is 0 Å². The van der Waals surface area contributed by atoms with Gasteiger partial charge in [0, 0.05) is 11.6 Å². The molecule has 3 aromatic carbocycles. The largest absolute Gasteiger partial charge is 0.399 e. The zero-order chi connectivity index (χ0) is 19.7. The summed E-state index contributed by atoms with van der Waals surface area (Å²) in [5, 5.41) is 1.70. The Kier molecular flexibility index (Phi) is 5.30. The third kappa shape index (κ3) is 4.01. The van der Waals surface area contributed by atoms with Gasteiger partial charge in [-0.2, -0.15) is 0 Å². The molecule has 0 atom stereocenters. The molecule has 0 aromatic heterocycles. The summed E-state index contributed by atoms with van der Waals surface area (Å²) in [6.45, 7) is 12.0. The first-order valence-corrected chi connectivity index (χ1v) is 12.7. The van der Waals surface area contributed by atoms with E-state index in [4.69, 9.17) is 5.73 Å². The van der Waals surface area contributed by atoms with E-state index in [1.807, 2.05) is 0 Å². The van der Waals surface area contributed by atoms with Crippen molar-refractivity contribution >= 4 is 18.9 Å². The smallest absolute Gasteiger partial charge is 0.0860 e. The first-order valence-electron chi connectivity index (χ1n) is 9.71. The summed E-state index contributed by atoms with van der Waals surface area (Å²) in [7, 11) is -1.67. The summed E-state index contributed by atoms with van der Waals surface area (Å²) >= 11 is 0. The van der Waals surface area contributed by atoms with Crippen LogP contribution in [0.3, 0.4) is 0 Å². The van der Waals surface area contributed by atoms with Crippen LogP contribution in [0.1, 0.15) is 43.4 Å². The van der Waals surface area contributed by atoms with Crippen molar-refractivity contribution in [3.63, 3.8) is 0 Å². The van der Waals surface area contributed by atoms with Crippen LogP contribution in [0.25, 0.3) is 0 Å². The van der Waals surface area contributed by atoms with Gasteiger partial charge in [-0.05, 0) is 33.9 Å². The lowest BCUT2D eigenvalue weighted by Gasteiger charge is -2.38. The van der Waals surface area contributed by atoms with E-state index in [1.54, 1.807) is 0 Å². The maximum absolute atomic E-state index is 6.42. The molecule has 0 radical (unpaired) electrons. The molecule has 27 heavy (non-hydrogen) atoms. The maximum atomic E-state index is 6.42. The highest BCUT2D eigenvalue weighted by Crippen LogP contribution is 2.38. The second-order valence-corrected chi connectivity index (χ2v) is 14.3. The third-order valence-electron chi connectivity index (χ3n) is 6.17. The Hall–Kier alpha value is -2.32. The lowest BCUT2D eigenvalue weighted by atomic mass is 9.85. The minimum Gasteiger partial charge on any atom is -0.399 e. The highest BCUT2D eigenvalue weighted by atomic mass is 28.3. The minimum atomic E-state index is -1.67. The Morgan fingerprint density at radius 3 is 1.63 bits per heavy atom. The van der Waals surface area contributed by atoms with Gasteiger partial charge in [0.15, 0.2) is 0 Å². The van der Waals surface area contributed by atoms with Gasteiger partial charge in [-0.3, -0.25) is 0 Å². The fourth-order valence-corrected chi connectivity index (χ4v) is 5.43. The first kappa shape index (κ1) is 19.4. The van der Waals surface area contributed by atoms with Crippen molar-refractivity contribution < 1.29 is 0 Å². The van der Waals surface area contributed by atoms with Crippen LogP contribution in [0.5, 0.6) is 0 Å². The molecule has 140 valence electrons. The number of nitrogens with two attached hydrogens (primary N) is 1. The van der Waals surface area contributed by atoms with Crippen molar-refractivity contribution in [3.05, 3.63) is 95.6 Å². The van der Waals surface area contributed by atoms with E-state index in [2.05, 4.69) is 113 Å². The number of hydrogen-bond donors (Lipinski definition) is 1. The van der Waals surface area contributed by atoms with Gasteiger partial charge in [-0.15, -0.1) is 0 Å². The predicted molar refractivity (Wildman–Crippen MR) is 122 cm³/mol. The summed E-state index contributed by atoms with van der Waals surface area (Å²) in [5.74, 6) is 0.194. The van der Waals surface area contributed by atoms with Crippen molar-refractivity contribution in [2.45, 2.75) is 44.8 Å². The van der Waals surface area contributed by atoms with Crippen LogP contribution in [0, 0.1) is 0 Å². The molecule has 0 bridgehead atoms. The first-order chi connectivity index (χ1) is 12.7. The van der Waals surface area contributed by atoms with Gasteiger partial charge in [0.05, 0.1) is 8.07 Å². The molecule has 0 unspecified atom stereocenters. The second kappa shape index (κ2) is 7.36. The minimum absolute atomic E-state index is 0.194. The molecule has 0 amide bonds. The van der Waals surface area contributed by atoms with Crippen molar-refractivity contribution in [2.24, 2.45) is 0 Å². The lowest BCUT2D eigenvalue weighted by Crippen LogP contribution is -2.49. The van der Waals surface area contributed by atoms with Gasteiger partial charge in [0.1, 0.15) is 0 Å². The van der Waals surface area contributed by atoms with Crippen LogP contribution in [0.2, 0.25) is 18.1 Å². The average molecular weight is 374 g/mol. The van der Waals surface area contributed by atoms with E-state index in [9.17, 15) is 0 Å². The molecule has 0 aliphatic carbocycles. The fourth-order valence-electron chi connectivity index (χ4n) is 3.51. The summed E-state index contributed by atoms with van der Waals surface area (Å²) in [5.41, 5.74) is 11.2. The van der Waals surface area contributed by atoms with E-state index in [1.165, 1.54) is 21.9 Å². The summed E-state index contributed by atoms with van der Waals surface area (Å²) in [4.78, 5) is 0. The second-order valence-electron chi connectivity index (χ2n) is 9.02. The molecule has 0 heterocycles. The normalized spacial score (nSPS) is 12.4. The topological polar surface area (TPSA) is 26.0 Å². The number of nitrogen functional groups attached to an aromatic ring is 1. The zero-order valence-electron chi connectivity index (χ0n) is 17.2. The van der Waals surface area contributed by atoms with Gasteiger partial charge in [0.2, 0.25) is 0 Å². The van der Waals surface area contributed by atoms with Crippen molar-refractivity contribution in [2.75, 3.05) is 5.73 Å². The van der Waals surface area contributed by atoms with E-state index in [0.717, 1.165) is 5.69 Å². The lowest BCUT2D eigenvalue weighted by molar-refractivity contribution is 0.729. The molecule has 0 fully saturated rings. The van der Waals surface area contributed by atoms with Gasteiger partial charge < -0.3 is 5.73 Å². The highest BCUT2D eigenvalue weighted by Gasteiger charge is 2.37. The van der Waals surface area contributed by atoms with Crippen LogP contribution in [0.15, 0.2) is 78.9 Å². The molecule has 1 nitrogen and oxygen atoms in total. The highest BCUT2D eigenvalue weighted by molar-refractivity contribution is 6.92. The number of rotatable bonds is 4. The van der Waals surface area contributed by atoms with Crippen LogP contribution in [-0.2, 0) is 0 Å². The fraction of sp³-hybridized carbons (Fsp3) is 0.280. The molecule has 0 saturated carbocycles. The van der Waals surface area contributed by atoms with Crippen LogP contribution < -0.4 is 10.9 Å². The number of benzene rings is 3. The molecule has 0 aliphatic rings. The molecule has 2 N–H and O–H groups in total. The van der Waals surface area contributed by atoms with Crippen molar-refractivity contribution in [1.82, 2.24) is 0 Å². The standard InChI is InChI=1S/C25H31NSi/c1-25(2,3)27(4,5)23-17-21(16-22(26)18-23)24(19-12-8-6-9-13-19)20-14-10-7-11-15-20/h6-18,24H,26H2,1-5H3. The van der Waals surface area contributed by atoms with E-state index < -0.39 is 8.07 Å². The molecule has 0 saturated heterocycles. The molecule has 0 spiro atoms.